The number of hydrogen-bond acceptors (Lipinski definition) is 3. The maximum Gasteiger partial charge on any atom is 0.414 e. The van der Waals surface area contributed by atoms with Gasteiger partial charge in [-0.15, -0.1) is 0 Å². The molecule has 0 aliphatic carbocycles. The van der Waals surface area contributed by atoms with Crippen molar-refractivity contribution < 1.29 is 18.3 Å². The summed E-state index contributed by atoms with van der Waals surface area (Å²) >= 11 is 0. The van der Waals surface area contributed by atoms with Crippen LogP contribution in [0.5, 0.6) is 5.75 Å². The fourth-order valence-corrected chi connectivity index (χ4v) is 1.01. The highest BCUT2D eigenvalue weighted by molar-refractivity contribution is 5.71. The average Bonchev–Trinajstić information content (AvgIpc) is 2.24. The molecule has 2 N–H and O–H groups in total. The molecular weight excluding hydrogens is 230 g/mol. The van der Waals surface area contributed by atoms with Gasteiger partial charge < -0.3 is 10.1 Å². The monoisotopic (exact) mass is 244 g/mol. The van der Waals surface area contributed by atoms with Crippen LogP contribution in [-0.2, 0) is 0 Å². The van der Waals surface area contributed by atoms with Crippen LogP contribution in [0.1, 0.15) is 13.8 Å². The zero-order chi connectivity index (χ0) is 13.1. The Morgan fingerprint density at radius 1 is 1.35 bits per heavy atom. The summed E-state index contributed by atoms with van der Waals surface area (Å²) < 4.78 is 30.7. The molecule has 0 saturated carbocycles. The fourth-order valence-electron chi connectivity index (χ4n) is 1.01. The van der Waals surface area contributed by atoms with Gasteiger partial charge in [-0.1, -0.05) is 6.07 Å². The third-order valence-electron chi connectivity index (χ3n) is 2.16. The number of rotatable bonds is 3. The van der Waals surface area contributed by atoms with Crippen molar-refractivity contribution in [1.29, 1.82) is 0 Å². The molecule has 0 heterocycles. The largest absolute Gasteiger partial charge is 0.414 e. The minimum atomic E-state index is -1.19. The molecule has 0 aliphatic rings. The molecule has 0 unspecified atom stereocenters. The van der Waals surface area contributed by atoms with E-state index in [1.54, 1.807) is 20.9 Å². The fraction of sp³-hybridized carbons (Fsp3) is 0.364. The van der Waals surface area contributed by atoms with Crippen molar-refractivity contribution >= 4 is 6.09 Å². The number of nitrogens with one attached hydrogen (secondary N) is 2. The molecule has 1 aromatic carbocycles. The van der Waals surface area contributed by atoms with E-state index < -0.39 is 29.1 Å². The first-order chi connectivity index (χ1) is 7.85. The lowest BCUT2D eigenvalue weighted by Crippen LogP contribution is -2.53. The molecule has 94 valence electrons. The zero-order valence-corrected chi connectivity index (χ0v) is 9.80. The molecule has 1 aromatic rings. The van der Waals surface area contributed by atoms with E-state index in [1.807, 2.05) is 0 Å². The first kappa shape index (κ1) is 13.4. The molecule has 0 aliphatic heterocycles. The Morgan fingerprint density at radius 3 is 2.59 bits per heavy atom. The van der Waals surface area contributed by atoms with E-state index in [0.717, 1.165) is 6.07 Å². The number of halogens is 2. The number of carbonyl (C=O) groups excluding carboxylic acids is 1. The maximum absolute atomic E-state index is 13.2. The van der Waals surface area contributed by atoms with Gasteiger partial charge >= 0.3 is 6.09 Å². The van der Waals surface area contributed by atoms with Crippen molar-refractivity contribution in [3.8, 4) is 5.75 Å². The lowest BCUT2D eigenvalue weighted by atomic mass is 10.2. The molecule has 0 saturated heterocycles. The summed E-state index contributed by atoms with van der Waals surface area (Å²) in [5, 5.41) is 5.24. The molecule has 0 spiro atoms. The van der Waals surface area contributed by atoms with Crippen LogP contribution in [0.4, 0.5) is 13.6 Å². The van der Waals surface area contributed by atoms with E-state index >= 15 is 0 Å². The molecular formula is C11H14F2N2O2. The summed E-state index contributed by atoms with van der Waals surface area (Å²) in [6.45, 7) is 3.38. The Hall–Kier alpha value is -1.69. The summed E-state index contributed by atoms with van der Waals surface area (Å²) in [6.07, 6.45) is -0.867. The smallest absolute Gasteiger partial charge is 0.407 e. The Bertz CT molecular complexity index is 422. The van der Waals surface area contributed by atoms with Crippen LogP contribution in [0.15, 0.2) is 18.2 Å². The van der Waals surface area contributed by atoms with Crippen LogP contribution in [0.2, 0.25) is 0 Å². The van der Waals surface area contributed by atoms with Gasteiger partial charge in [0.2, 0.25) is 5.82 Å². The van der Waals surface area contributed by atoms with E-state index in [0.29, 0.717) is 0 Å². The number of ether oxygens (including phenoxy) is 1. The van der Waals surface area contributed by atoms with E-state index in [9.17, 15) is 13.6 Å². The Labute approximate surface area is 98.0 Å². The van der Waals surface area contributed by atoms with Crippen LogP contribution in [0, 0.1) is 11.6 Å². The second-order valence-corrected chi connectivity index (χ2v) is 3.94. The topological polar surface area (TPSA) is 50.4 Å². The number of hydrogen-bond donors (Lipinski definition) is 2. The molecule has 6 heteroatoms. The van der Waals surface area contributed by atoms with Crippen LogP contribution < -0.4 is 15.4 Å². The van der Waals surface area contributed by atoms with Gasteiger partial charge in [-0.3, -0.25) is 5.32 Å². The molecule has 1 rings (SSSR count). The number of carbonyl (C=O) groups is 1. The highest BCUT2D eigenvalue weighted by Crippen LogP contribution is 2.19. The molecule has 0 fully saturated rings. The Balaban J connectivity index is 2.72. The Kier molecular flexibility index (Phi) is 4.01. The Morgan fingerprint density at radius 2 is 2.00 bits per heavy atom. The van der Waals surface area contributed by atoms with Crippen LogP contribution in [-0.4, -0.2) is 18.8 Å². The lowest BCUT2D eigenvalue weighted by Gasteiger charge is -2.24. The third kappa shape index (κ3) is 3.67. The number of amides is 1. The summed E-state index contributed by atoms with van der Waals surface area (Å²) in [7, 11) is 1.64. The predicted molar refractivity (Wildman–Crippen MR) is 58.7 cm³/mol. The first-order valence-corrected chi connectivity index (χ1v) is 4.98. The second-order valence-electron chi connectivity index (χ2n) is 3.94. The quantitative estimate of drug-likeness (QED) is 0.800. The summed E-state index contributed by atoms with van der Waals surface area (Å²) in [4.78, 5) is 11.4. The first-order valence-electron chi connectivity index (χ1n) is 4.98. The second kappa shape index (κ2) is 5.09. The van der Waals surface area contributed by atoms with Gasteiger partial charge in [0, 0.05) is 0 Å². The van der Waals surface area contributed by atoms with Gasteiger partial charge in [-0.25, -0.2) is 9.18 Å². The van der Waals surface area contributed by atoms with Crippen LogP contribution in [0.3, 0.4) is 0 Å². The van der Waals surface area contributed by atoms with Gasteiger partial charge in [0.05, 0.1) is 5.66 Å². The molecule has 1 amide bonds. The highest BCUT2D eigenvalue weighted by atomic mass is 19.2. The van der Waals surface area contributed by atoms with Gasteiger partial charge in [-0.05, 0) is 33.0 Å². The molecule has 0 radical (unpaired) electrons. The SMILES string of the molecule is CNC(C)(C)NC(=O)Oc1cccc(F)c1F. The normalized spacial score (nSPS) is 11.1. The van der Waals surface area contributed by atoms with Gasteiger partial charge in [0.25, 0.3) is 0 Å². The van der Waals surface area contributed by atoms with Crippen molar-refractivity contribution in [2.45, 2.75) is 19.5 Å². The lowest BCUT2D eigenvalue weighted by molar-refractivity contribution is 0.181. The van der Waals surface area contributed by atoms with Crippen molar-refractivity contribution in [3.63, 3.8) is 0 Å². The maximum atomic E-state index is 13.2. The molecule has 4 nitrogen and oxygen atoms in total. The van der Waals surface area contributed by atoms with Crippen molar-refractivity contribution in [3.05, 3.63) is 29.8 Å². The third-order valence-corrected chi connectivity index (χ3v) is 2.16. The van der Waals surface area contributed by atoms with Crippen LogP contribution >= 0.6 is 0 Å². The van der Waals surface area contributed by atoms with E-state index in [2.05, 4.69) is 15.4 Å². The summed E-state index contributed by atoms with van der Waals surface area (Å²) in [5.74, 6) is -2.71. The van der Waals surface area contributed by atoms with Crippen molar-refractivity contribution in [1.82, 2.24) is 10.6 Å². The average molecular weight is 244 g/mol. The summed E-state index contributed by atoms with van der Waals surface area (Å²) in [6, 6.07) is 3.37. The molecule has 0 bridgehead atoms. The molecule has 0 atom stereocenters. The van der Waals surface area contributed by atoms with Crippen molar-refractivity contribution in [2.75, 3.05) is 7.05 Å². The summed E-state index contributed by atoms with van der Waals surface area (Å²) in [5.41, 5.74) is -0.707. The zero-order valence-electron chi connectivity index (χ0n) is 9.80. The minimum absolute atomic E-state index is 0.450. The highest BCUT2D eigenvalue weighted by Gasteiger charge is 2.20. The van der Waals surface area contributed by atoms with Gasteiger partial charge in [0.15, 0.2) is 11.6 Å². The minimum Gasteiger partial charge on any atom is -0.407 e. The van der Waals surface area contributed by atoms with Gasteiger partial charge in [0.1, 0.15) is 0 Å². The molecule has 17 heavy (non-hydrogen) atoms. The molecule has 0 aromatic heterocycles. The van der Waals surface area contributed by atoms with E-state index in [4.69, 9.17) is 0 Å². The van der Waals surface area contributed by atoms with Crippen LogP contribution in [0.25, 0.3) is 0 Å². The van der Waals surface area contributed by atoms with Crippen molar-refractivity contribution in [2.24, 2.45) is 0 Å². The standard InChI is InChI=1S/C11H14F2N2O2/c1-11(2,14-3)15-10(16)17-8-6-4-5-7(12)9(8)13/h4-6,14H,1-3H3,(H,15,16). The van der Waals surface area contributed by atoms with E-state index in [1.165, 1.54) is 12.1 Å². The van der Waals surface area contributed by atoms with Gasteiger partial charge in [-0.2, -0.15) is 4.39 Å². The number of benzene rings is 1. The van der Waals surface area contributed by atoms with E-state index in [-0.39, 0.29) is 0 Å². The predicted octanol–water partition coefficient (Wildman–Crippen LogP) is 2.01.